The molecule has 2 amide bonds. The summed E-state index contributed by atoms with van der Waals surface area (Å²) < 4.78 is 1.51. The van der Waals surface area contributed by atoms with Crippen molar-refractivity contribution < 1.29 is 14.5 Å². The number of nitro benzene ring substituents is 1. The number of hydrogen-bond donors (Lipinski definition) is 1. The minimum Gasteiger partial charge on any atom is -0.353 e. The number of hydrogen-bond acceptors (Lipinski definition) is 5. The van der Waals surface area contributed by atoms with Gasteiger partial charge in [0.1, 0.15) is 11.7 Å². The van der Waals surface area contributed by atoms with Crippen molar-refractivity contribution in [3.63, 3.8) is 0 Å². The highest BCUT2D eigenvalue weighted by Gasteiger charge is 2.36. The van der Waals surface area contributed by atoms with Gasteiger partial charge in [-0.1, -0.05) is 13.8 Å². The van der Waals surface area contributed by atoms with E-state index in [1.54, 1.807) is 6.20 Å². The molecule has 0 bridgehead atoms. The van der Waals surface area contributed by atoms with Gasteiger partial charge in [-0.15, -0.1) is 0 Å². The first kappa shape index (κ1) is 17.6. The van der Waals surface area contributed by atoms with Gasteiger partial charge in [-0.2, -0.15) is 0 Å². The van der Waals surface area contributed by atoms with Crippen molar-refractivity contribution in [2.75, 3.05) is 13.1 Å². The largest absolute Gasteiger partial charge is 0.353 e. The number of aromatic nitrogens is 2. The van der Waals surface area contributed by atoms with Crippen LogP contribution in [0.25, 0.3) is 5.69 Å². The summed E-state index contributed by atoms with van der Waals surface area (Å²) in [6, 6.07) is 3.71. The number of imidazole rings is 1. The zero-order valence-corrected chi connectivity index (χ0v) is 14.5. The van der Waals surface area contributed by atoms with E-state index >= 15 is 0 Å². The van der Waals surface area contributed by atoms with Crippen molar-refractivity contribution in [1.82, 2.24) is 19.8 Å². The lowest BCUT2D eigenvalue weighted by Gasteiger charge is -2.37. The van der Waals surface area contributed by atoms with E-state index < -0.39 is 11.0 Å². The Morgan fingerprint density at radius 3 is 2.81 bits per heavy atom. The van der Waals surface area contributed by atoms with Crippen molar-refractivity contribution >= 4 is 17.5 Å². The zero-order chi connectivity index (χ0) is 18.8. The Hall–Kier alpha value is -3.23. The molecule has 9 nitrogen and oxygen atoms in total. The average molecular weight is 357 g/mol. The lowest BCUT2D eigenvalue weighted by molar-refractivity contribution is -0.384. The SMILES string of the molecule is CC(C)C1C(=O)NCCN1C(=O)c1ccc(-n2ccnc2)c([N+](=O)[O-])c1. The maximum atomic E-state index is 12.9. The molecule has 1 aliphatic heterocycles. The normalized spacial score (nSPS) is 17.3. The van der Waals surface area contributed by atoms with Crippen LogP contribution in [0.15, 0.2) is 36.9 Å². The van der Waals surface area contributed by atoms with Gasteiger partial charge in [0.15, 0.2) is 0 Å². The number of nitrogens with one attached hydrogen (secondary N) is 1. The summed E-state index contributed by atoms with van der Waals surface area (Å²) in [4.78, 5) is 41.4. The van der Waals surface area contributed by atoms with Crippen LogP contribution in [-0.2, 0) is 4.79 Å². The summed E-state index contributed by atoms with van der Waals surface area (Å²) in [6.07, 6.45) is 4.56. The minimum absolute atomic E-state index is 0.0699. The van der Waals surface area contributed by atoms with Gasteiger partial charge in [0, 0.05) is 37.1 Å². The number of nitro groups is 1. The van der Waals surface area contributed by atoms with Crippen molar-refractivity contribution in [3.05, 3.63) is 52.6 Å². The second kappa shape index (κ2) is 6.95. The smallest absolute Gasteiger partial charge is 0.294 e. The zero-order valence-electron chi connectivity index (χ0n) is 14.5. The predicted molar refractivity (Wildman–Crippen MR) is 92.9 cm³/mol. The molecule has 136 valence electrons. The highest BCUT2D eigenvalue weighted by molar-refractivity contribution is 5.99. The number of carbonyl (C=O) groups is 2. The number of benzene rings is 1. The fourth-order valence-corrected chi connectivity index (χ4v) is 3.16. The monoisotopic (exact) mass is 357 g/mol. The molecule has 1 N–H and O–H groups in total. The fourth-order valence-electron chi connectivity index (χ4n) is 3.16. The van der Waals surface area contributed by atoms with Crippen LogP contribution in [0.5, 0.6) is 0 Å². The van der Waals surface area contributed by atoms with E-state index in [0.29, 0.717) is 18.8 Å². The lowest BCUT2D eigenvalue weighted by atomic mass is 9.98. The van der Waals surface area contributed by atoms with Gasteiger partial charge in [0.05, 0.1) is 11.3 Å². The van der Waals surface area contributed by atoms with Crippen molar-refractivity contribution in [2.45, 2.75) is 19.9 Å². The first-order valence-electron chi connectivity index (χ1n) is 8.25. The van der Waals surface area contributed by atoms with Gasteiger partial charge in [0.25, 0.3) is 11.6 Å². The van der Waals surface area contributed by atoms with Crippen LogP contribution in [0.2, 0.25) is 0 Å². The third-order valence-electron chi connectivity index (χ3n) is 4.35. The first-order chi connectivity index (χ1) is 12.4. The van der Waals surface area contributed by atoms with Crippen LogP contribution in [0.1, 0.15) is 24.2 Å². The van der Waals surface area contributed by atoms with Gasteiger partial charge in [-0.05, 0) is 18.1 Å². The molecule has 1 unspecified atom stereocenters. The van der Waals surface area contributed by atoms with E-state index in [1.165, 1.54) is 40.2 Å². The Morgan fingerprint density at radius 2 is 2.19 bits per heavy atom. The molecular formula is C17H19N5O4. The van der Waals surface area contributed by atoms with Gasteiger partial charge < -0.3 is 14.8 Å². The molecule has 1 saturated heterocycles. The number of nitrogens with zero attached hydrogens (tertiary/aromatic N) is 4. The topological polar surface area (TPSA) is 110 Å². The standard InChI is InChI=1S/C17H19N5O4/c1-11(2)15-16(23)19-6-8-21(15)17(24)12-3-4-13(14(9-12)22(25)26)20-7-5-18-10-20/h3-5,7,9-11,15H,6,8H2,1-2H3,(H,19,23). The van der Waals surface area contributed by atoms with Gasteiger partial charge in [-0.25, -0.2) is 4.98 Å². The van der Waals surface area contributed by atoms with Crippen LogP contribution in [0, 0.1) is 16.0 Å². The molecule has 1 fully saturated rings. The van der Waals surface area contributed by atoms with Crippen LogP contribution in [-0.4, -0.2) is 50.3 Å². The molecule has 0 aliphatic carbocycles. The van der Waals surface area contributed by atoms with Gasteiger partial charge >= 0.3 is 0 Å². The first-order valence-corrected chi connectivity index (χ1v) is 8.25. The van der Waals surface area contributed by atoms with Crippen LogP contribution >= 0.6 is 0 Å². The summed E-state index contributed by atoms with van der Waals surface area (Å²) in [5.41, 5.74) is 0.304. The molecule has 26 heavy (non-hydrogen) atoms. The van der Waals surface area contributed by atoms with Gasteiger partial charge in [0.2, 0.25) is 5.91 Å². The molecule has 3 rings (SSSR count). The predicted octanol–water partition coefficient (Wildman–Crippen LogP) is 1.38. The molecule has 1 aromatic carbocycles. The molecule has 0 spiro atoms. The van der Waals surface area contributed by atoms with Crippen molar-refractivity contribution in [3.8, 4) is 5.69 Å². The number of carbonyl (C=O) groups excluding carboxylic acids is 2. The highest BCUT2D eigenvalue weighted by Crippen LogP contribution is 2.26. The number of piperazine rings is 1. The summed E-state index contributed by atoms with van der Waals surface area (Å²) in [5, 5.41) is 14.2. The molecule has 1 aromatic heterocycles. The molecular weight excluding hydrogens is 338 g/mol. The summed E-state index contributed by atoms with van der Waals surface area (Å²) in [6.45, 7) is 4.45. The second-order valence-electron chi connectivity index (χ2n) is 6.41. The van der Waals surface area contributed by atoms with Crippen LogP contribution < -0.4 is 5.32 Å². The highest BCUT2D eigenvalue weighted by atomic mass is 16.6. The quantitative estimate of drug-likeness (QED) is 0.656. The Bertz CT molecular complexity index is 847. The Balaban J connectivity index is 1.98. The maximum Gasteiger partial charge on any atom is 0.294 e. The molecule has 9 heteroatoms. The summed E-state index contributed by atoms with van der Waals surface area (Å²) in [7, 11) is 0. The van der Waals surface area contributed by atoms with E-state index in [1.807, 2.05) is 13.8 Å². The van der Waals surface area contributed by atoms with Gasteiger partial charge in [-0.3, -0.25) is 19.7 Å². The summed E-state index contributed by atoms with van der Waals surface area (Å²) in [5.74, 6) is -0.664. The van der Waals surface area contributed by atoms with E-state index in [0.717, 1.165) is 0 Å². The third-order valence-corrected chi connectivity index (χ3v) is 4.35. The molecule has 1 aliphatic rings. The van der Waals surface area contributed by atoms with Crippen LogP contribution in [0.3, 0.4) is 0 Å². The average Bonchev–Trinajstić information content (AvgIpc) is 3.14. The molecule has 2 aromatic rings. The number of amides is 2. The second-order valence-corrected chi connectivity index (χ2v) is 6.41. The van der Waals surface area contributed by atoms with Crippen molar-refractivity contribution in [1.29, 1.82) is 0 Å². The molecule has 0 radical (unpaired) electrons. The fraction of sp³-hybridized carbons (Fsp3) is 0.353. The Labute approximate surface area is 149 Å². The minimum atomic E-state index is -0.594. The van der Waals surface area contributed by atoms with Crippen LogP contribution in [0.4, 0.5) is 5.69 Å². The van der Waals surface area contributed by atoms with Crippen molar-refractivity contribution in [2.24, 2.45) is 5.92 Å². The van der Waals surface area contributed by atoms with E-state index in [2.05, 4.69) is 10.3 Å². The maximum absolute atomic E-state index is 12.9. The van der Waals surface area contributed by atoms with E-state index in [9.17, 15) is 19.7 Å². The number of rotatable bonds is 4. The van der Waals surface area contributed by atoms with E-state index in [-0.39, 0.29) is 29.0 Å². The Morgan fingerprint density at radius 1 is 1.42 bits per heavy atom. The molecule has 2 heterocycles. The lowest BCUT2D eigenvalue weighted by Crippen LogP contribution is -2.59. The third kappa shape index (κ3) is 3.15. The van der Waals surface area contributed by atoms with E-state index in [4.69, 9.17) is 0 Å². The summed E-state index contributed by atoms with van der Waals surface area (Å²) >= 11 is 0. The molecule has 0 saturated carbocycles. The molecule has 1 atom stereocenters. The Kier molecular flexibility index (Phi) is 4.70.